The van der Waals surface area contributed by atoms with Gasteiger partial charge in [0.05, 0.1) is 6.26 Å². The minimum atomic E-state index is -2.07. The Kier molecular flexibility index (Phi) is 8.40. The zero-order valence-electron chi connectivity index (χ0n) is 20.2. The molecule has 1 aliphatic heterocycles. The van der Waals surface area contributed by atoms with Crippen LogP contribution in [0.25, 0.3) is 5.32 Å². The molecule has 2 heterocycles. The molecule has 0 radical (unpaired) electrons. The number of nitrogens with zero attached hydrogens (tertiary/aromatic N) is 2. The van der Waals surface area contributed by atoms with Gasteiger partial charge in [0, 0.05) is 17.3 Å². The molecule has 0 bridgehead atoms. The second-order valence-electron chi connectivity index (χ2n) is 9.54. The minimum absolute atomic E-state index is 0. The third-order valence-electron chi connectivity index (χ3n) is 7.46. The van der Waals surface area contributed by atoms with Crippen LogP contribution in [0.3, 0.4) is 0 Å². The van der Waals surface area contributed by atoms with Gasteiger partial charge in [-0.05, 0) is 48.1 Å². The number of fused-ring (bicyclic) bond motifs is 3. The summed E-state index contributed by atoms with van der Waals surface area (Å²) in [5, 5.41) is 4.99. The molecule has 6 rings (SSSR count). The van der Waals surface area contributed by atoms with E-state index in [0.29, 0.717) is 23.3 Å². The quantitative estimate of drug-likeness (QED) is 0.237. The van der Waals surface area contributed by atoms with Crippen molar-refractivity contribution in [2.24, 2.45) is 11.8 Å². The topological polar surface area (TPSA) is 30.5 Å². The summed E-state index contributed by atoms with van der Waals surface area (Å²) in [6, 6.07) is 21.5. The average molecular weight is 557 g/mol. The molecule has 1 unspecified atom stereocenters. The molecule has 1 saturated carbocycles. The molecule has 0 amide bonds. The fourth-order valence-electron chi connectivity index (χ4n) is 6.28. The number of rotatable bonds is 3. The van der Waals surface area contributed by atoms with E-state index in [0.717, 1.165) is 23.6 Å². The Hall–Kier alpha value is -1.69. The van der Waals surface area contributed by atoms with Gasteiger partial charge in [0.2, 0.25) is 0 Å². The molecule has 4 atom stereocenters. The van der Waals surface area contributed by atoms with Crippen LogP contribution in [0.15, 0.2) is 95.6 Å². The van der Waals surface area contributed by atoms with E-state index in [1.807, 2.05) is 12.3 Å². The van der Waals surface area contributed by atoms with Crippen molar-refractivity contribution in [3.63, 3.8) is 0 Å². The summed E-state index contributed by atoms with van der Waals surface area (Å²) in [5.74, 6) is 2.69. The van der Waals surface area contributed by atoms with Crippen molar-refractivity contribution in [2.75, 3.05) is 4.57 Å². The van der Waals surface area contributed by atoms with Crippen molar-refractivity contribution in [3.8, 4) is 0 Å². The third-order valence-corrected chi connectivity index (χ3v) is 11.5. The van der Waals surface area contributed by atoms with Crippen LogP contribution in [0.1, 0.15) is 18.1 Å². The zero-order valence-corrected chi connectivity index (χ0v) is 24.3. The molecule has 2 aromatic carbocycles. The van der Waals surface area contributed by atoms with E-state index in [2.05, 4.69) is 96.6 Å². The van der Waals surface area contributed by atoms with Gasteiger partial charge in [-0.2, -0.15) is 0 Å². The van der Waals surface area contributed by atoms with Crippen molar-refractivity contribution in [3.05, 3.63) is 110 Å². The molecule has 2 aliphatic carbocycles. The zero-order chi connectivity index (χ0) is 23.7. The molecule has 3 nitrogen and oxygen atoms in total. The number of benzene rings is 2. The van der Waals surface area contributed by atoms with Gasteiger partial charge < -0.3 is 21.7 Å². The van der Waals surface area contributed by atoms with Crippen molar-refractivity contribution in [2.45, 2.75) is 31.0 Å². The molecular formula is C28H30Cl2N2OSiTi-2. The van der Waals surface area contributed by atoms with Gasteiger partial charge in [-0.1, -0.05) is 73.8 Å². The van der Waals surface area contributed by atoms with Crippen LogP contribution in [-0.4, -0.2) is 8.24 Å². The van der Waals surface area contributed by atoms with Crippen LogP contribution < -0.4 is 4.57 Å². The SMILES string of the molecule is C[Si](C)(C1[C@H]2C=CC=C[C@H]2C[C@H]1c1ccco1)N1c2ccccc2[N-]c2ccccc21.[CH3-].[Cl][Ti][Cl]. The summed E-state index contributed by atoms with van der Waals surface area (Å²) in [4.78, 5) is 0. The number of allylic oxidation sites excluding steroid dienone is 4. The first-order valence-corrected chi connectivity index (χ1v) is 18.9. The Balaban J connectivity index is 0.000000689. The third kappa shape index (κ3) is 4.84. The maximum atomic E-state index is 6.01. The van der Waals surface area contributed by atoms with Gasteiger partial charge in [-0.3, -0.25) is 0 Å². The fourth-order valence-corrected chi connectivity index (χ4v) is 10.8. The number of para-hydroxylation sites is 4. The van der Waals surface area contributed by atoms with Crippen LogP contribution >= 0.6 is 18.6 Å². The molecule has 3 aromatic rings. The number of furan rings is 1. The molecule has 0 spiro atoms. The second kappa shape index (κ2) is 11.1. The van der Waals surface area contributed by atoms with Crippen LogP contribution in [0.2, 0.25) is 18.6 Å². The van der Waals surface area contributed by atoms with Crippen molar-refractivity contribution in [1.82, 2.24) is 0 Å². The summed E-state index contributed by atoms with van der Waals surface area (Å²) in [7, 11) is 7.71. The Morgan fingerprint density at radius 1 is 0.914 bits per heavy atom. The van der Waals surface area contributed by atoms with Crippen molar-refractivity contribution >= 4 is 49.6 Å². The molecule has 1 aromatic heterocycles. The monoisotopic (exact) mass is 556 g/mol. The molecule has 0 N–H and O–H groups in total. The number of hydrogen-bond donors (Lipinski definition) is 0. The first kappa shape index (κ1) is 26.4. The Labute approximate surface area is 227 Å². The van der Waals surface area contributed by atoms with E-state index >= 15 is 0 Å². The van der Waals surface area contributed by atoms with E-state index in [1.54, 1.807) is 0 Å². The number of halogens is 2. The van der Waals surface area contributed by atoms with Crippen LogP contribution in [0.4, 0.5) is 22.7 Å². The molecule has 182 valence electrons. The Morgan fingerprint density at radius 3 is 2.11 bits per heavy atom. The summed E-state index contributed by atoms with van der Waals surface area (Å²) < 4.78 is 8.69. The molecule has 3 aliphatic rings. The van der Waals surface area contributed by atoms with E-state index in [9.17, 15) is 0 Å². The van der Waals surface area contributed by atoms with Crippen LogP contribution in [-0.2, 0) is 17.0 Å². The standard InChI is InChI=1S/C27H27N2OSi.CH3.2ClH.Ti/c1-31(2,27-20-11-4-3-10-19(20)18-21(27)26-16-9-17-30-26)29-24-14-7-5-12-22(24)28-23-13-6-8-15-25(23)29;;;;/h3-17,19-21,27H,18H2,1-2H3;1H3;2*1H;/q2*-1;;;+2/p-2/t19-,20-,21-,27?;;;;/m0..../s1. The normalized spacial score (nSPS) is 23.6. The summed E-state index contributed by atoms with van der Waals surface area (Å²) in [5.41, 5.74) is 5.17. The van der Waals surface area contributed by atoms with Crippen LogP contribution in [0, 0.1) is 19.3 Å². The summed E-state index contributed by atoms with van der Waals surface area (Å²) in [6.07, 6.45) is 12.3. The van der Waals surface area contributed by atoms with Crippen molar-refractivity contribution < 1.29 is 21.4 Å². The summed E-state index contributed by atoms with van der Waals surface area (Å²) >= 11 is -0.556. The first-order valence-electron chi connectivity index (χ1n) is 11.6. The fraction of sp³-hybridized carbons (Fsp3) is 0.250. The van der Waals surface area contributed by atoms with Gasteiger partial charge in [-0.15, -0.1) is 11.4 Å². The van der Waals surface area contributed by atoms with Gasteiger partial charge in [0.1, 0.15) is 5.76 Å². The van der Waals surface area contributed by atoms with E-state index in [-0.39, 0.29) is 7.43 Å². The van der Waals surface area contributed by atoms with Gasteiger partial charge in [0.15, 0.2) is 8.24 Å². The van der Waals surface area contributed by atoms with Gasteiger partial charge in [-0.25, -0.2) is 0 Å². The molecular weight excluding hydrogens is 527 g/mol. The Bertz CT molecular complexity index is 1150. The molecule has 35 heavy (non-hydrogen) atoms. The predicted octanol–water partition coefficient (Wildman–Crippen LogP) is 10.0. The maximum absolute atomic E-state index is 6.01. The average Bonchev–Trinajstić information content (AvgIpc) is 3.51. The van der Waals surface area contributed by atoms with E-state index in [1.165, 1.54) is 11.4 Å². The molecule has 0 saturated heterocycles. The number of hydrogen-bond acceptors (Lipinski definition) is 2. The van der Waals surface area contributed by atoms with E-state index < -0.39 is 25.3 Å². The molecule has 1 fully saturated rings. The summed E-state index contributed by atoms with van der Waals surface area (Å²) in [6.45, 7) is 5.09. The molecule has 7 heteroatoms. The van der Waals surface area contributed by atoms with Gasteiger partial charge >= 0.3 is 35.6 Å². The predicted molar refractivity (Wildman–Crippen MR) is 148 cm³/mol. The second-order valence-corrected chi connectivity index (χ2v) is 16.5. The Morgan fingerprint density at radius 2 is 1.51 bits per heavy atom. The van der Waals surface area contributed by atoms with Crippen LogP contribution in [0.5, 0.6) is 0 Å². The first-order chi connectivity index (χ1) is 16.6. The van der Waals surface area contributed by atoms with Crippen molar-refractivity contribution in [1.29, 1.82) is 0 Å². The van der Waals surface area contributed by atoms with E-state index in [4.69, 9.17) is 28.3 Å². The number of anilines is 2. The van der Waals surface area contributed by atoms with Gasteiger partial charge in [0.25, 0.3) is 0 Å².